The van der Waals surface area contributed by atoms with Gasteiger partial charge in [0.2, 0.25) is 0 Å². The van der Waals surface area contributed by atoms with Crippen molar-refractivity contribution in [3.8, 4) is 0 Å². The van der Waals surface area contributed by atoms with Crippen molar-refractivity contribution in [2.75, 3.05) is 11.9 Å². The van der Waals surface area contributed by atoms with Crippen LogP contribution in [-0.4, -0.2) is 12.1 Å². The van der Waals surface area contributed by atoms with E-state index in [4.69, 9.17) is 17.3 Å². The molecule has 1 unspecified atom stereocenters. The molecule has 14 heavy (non-hydrogen) atoms. The highest BCUT2D eigenvalue weighted by Crippen LogP contribution is 2.25. The van der Waals surface area contributed by atoms with E-state index in [1.165, 1.54) is 0 Å². The summed E-state index contributed by atoms with van der Waals surface area (Å²) < 4.78 is 0. The van der Waals surface area contributed by atoms with E-state index < -0.39 is 0 Å². The Hall–Kier alpha value is -0.730. The summed E-state index contributed by atoms with van der Waals surface area (Å²) in [5, 5.41) is 4.10. The molecule has 0 aliphatic carbocycles. The Morgan fingerprint density at radius 3 is 2.57 bits per heavy atom. The van der Waals surface area contributed by atoms with Gasteiger partial charge in [0.15, 0.2) is 0 Å². The molecular weight excluding hydrogens is 196 g/mol. The Kier molecular flexibility index (Phi) is 3.78. The molecule has 0 saturated carbocycles. The maximum atomic E-state index is 6.04. The molecule has 0 radical (unpaired) electrons. The second kappa shape index (κ2) is 4.67. The van der Waals surface area contributed by atoms with Crippen molar-refractivity contribution in [1.82, 2.24) is 0 Å². The monoisotopic (exact) mass is 212 g/mol. The highest BCUT2D eigenvalue weighted by Gasteiger charge is 2.19. The number of rotatable bonds is 4. The highest BCUT2D eigenvalue weighted by molar-refractivity contribution is 6.33. The fourth-order valence-electron chi connectivity index (χ4n) is 1.17. The predicted octanol–water partition coefficient (Wildman–Crippen LogP) is 2.88. The van der Waals surface area contributed by atoms with Crippen molar-refractivity contribution in [2.45, 2.75) is 25.8 Å². The van der Waals surface area contributed by atoms with E-state index in [1.54, 1.807) is 0 Å². The van der Waals surface area contributed by atoms with Gasteiger partial charge in [-0.15, -0.1) is 0 Å². The molecule has 1 rings (SSSR count). The first-order chi connectivity index (χ1) is 6.61. The third-order valence-electron chi connectivity index (χ3n) is 2.54. The molecule has 0 fully saturated rings. The average molecular weight is 213 g/mol. The number of nitrogens with one attached hydrogen (secondary N) is 1. The number of nitrogens with two attached hydrogens (primary N) is 1. The molecule has 0 aliphatic rings. The minimum Gasteiger partial charge on any atom is -0.377 e. The van der Waals surface area contributed by atoms with Gasteiger partial charge in [-0.3, -0.25) is 0 Å². The molecule has 1 aromatic carbocycles. The molecule has 0 heterocycles. The minimum absolute atomic E-state index is 0.0784. The van der Waals surface area contributed by atoms with Gasteiger partial charge in [-0.2, -0.15) is 0 Å². The molecule has 0 bridgehead atoms. The Balaban J connectivity index is 2.82. The Bertz CT molecular complexity index is 295. The van der Waals surface area contributed by atoms with Gasteiger partial charge in [-0.25, -0.2) is 0 Å². The van der Waals surface area contributed by atoms with Gasteiger partial charge in [0, 0.05) is 12.1 Å². The van der Waals surface area contributed by atoms with Crippen molar-refractivity contribution in [1.29, 1.82) is 0 Å². The van der Waals surface area contributed by atoms with Crippen LogP contribution in [0.3, 0.4) is 0 Å². The summed E-state index contributed by atoms with van der Waals surface area (Å²) in [6.45, 7) is 4.79. The van der Waals surface area contributed by atoms with E-state index in [2.05, 4.69) is 19.2 Å². The zero-order valence-electron chi connectivity index (χ0n) is 8.68. The third kappa shape index (κ3) is 2.63. The lowest BCUT2D eigenvalue weighted by Crippen LogP contribution is -2.41. The van der Waals surface area contributed by atoms with Gasteiger partial charge in [-0.1, -0.05) is 30.7 Å². The fraction of sp³-hybridized carbons (Fsp3) is 0.455. The van der Waals surface area contributed by atoms with Crippen LogP contribution in [0, 0.1) is 0 Å². The van der Waals surface area contributed by atoms with E-state index in [-0.39, 0.29) is 5.54 Å². The van der Waals surface area contributed by atoms with Crippen LogP contribution in [-0.2, 0) is 0 Å². The Labute approximate surface area is 90.4 Å². The second-order valence-electron chi connectivity index (χ2n) is 3.72. The molecule has 0 aliphatic heterocycles. The zero-order valence-corrected chi connectivity index (χ0v) is 9.43. The third-order valence-corrected chi connectivity index (χ3v) is 2.87. The average Bonchev–Trinajstić information content (AvgIpc) is 2.21. The first-order valence-corrected chi connectivity index (χ1v) is 5.22. The molecular formula is C11H17ClN2. The summed E-state index contributed by atoms with van der Waals surface area (Å²) >= 11 is 6.04. The number of halogens is 1. The number of benzene rings is 1. The van der Waals surface area contributed by atoms with Crippen molar-refractivity contribution >= 4 is 17.3 Å². The molecule has 3 N–H and O–H groups in total. The summed E-state index contributed by atoms with van der Waals surface area (Å²) in [5.74, 6) is 0. The minimum atomic E-state index is -0.0784. The molecule has 3 heteroatoms. The van der Waals surface area contributed by atoms with E-state index in [0.29, 0.717) is 6.54 Å². The van der Waals surface area contributed by atoms with Crippen molar-refractivity contribution in [2.24, 2.45) is 5.73 Å². The maximum absolute atomic E-state index is 6.04. The molecule has 0 amide bonds. The summed E-state index contributed by atoms with van der Waals surface area (Å²) in [6, 6.07) is 7.71. The second-order valence-corrected chi connectivity index (χ2v) is 4.13. The van der Waals surface area contributed by atoms with Crippen LogP contribution in [0.15, 0.2) is 24.3 Å². The van der Waals surface area contributed by atoms with Crippen molar-refractivity contribution < 1.29 is 0 Å². The standard InChI is InChI=1S/C11H17ClN2/c1-3-11(2,8-13)14-10-7-5-4-6-9(10)12/h4-7,14H,3,8,13H2,1-2H3. The van der Waals surface area contributed by atoms with Gasteiger partial charge in [0.25, 0.3) is 0 Å². The number of para-hydroxylation sites is 1. The molecule has 0 spiro atoms. The lowest BCUT2D eigenvalue weighted by atomic mass is 9.99. The zero-order chi connectivity index (χ0) is 10.6. The smallest absolute Gasteiger partial charge is 0.0637 e. The number of hydrogen-bond acceptors (Lipinski definition) is 2. The van der Waals surface area contributed by atoms with Gasteiger partial charge in [0.05, 0.1) is 10.7 Å². The molecule has 0 aromatic heterocycles. The first-order valence-electron chi connectivity index (χ1n) is 4.84. The normalized spacial score (nSPS) is 14.9. The van der Waals surface area contributed by atoms with E-state index in [1.807, 2.05) is 24.3 Å². The SMILES string of the molecule is CCC(C)(CN)Nc1ccccc1Cl. The van der Waals surface area contributed by atoms with E-state index in [0.717, 1.165) is 17.1 Å². The molecule has 78 valence electrons. The molecule has 1 aromatic rings. The van der Waals surface area contributed by atoms with Gasteiger partial charge in [0.1, 0.15) is 0 Å². The van der Waals surface area contributed by atoms with Gasteiger partial charge in [-0.05, 0) is 25.5 Å². The van der Waals surface area contributed by atoms with Crippen LogP contribution < -0.4 is 11.1 Å². The van der Waals surface area contributed by atoms with Crippen LogP contribution in [0.4, 0.5) is 5.69 Å². The van der Waals surface area contributed by atoms with Crippen LogP contribution in [0.5, 0.6) is 0 Å². The van der Waals surface area contributed by atoms with Crippen LogP contribution in [0.1, 0.15) is 20.3 Å². The van der Waals surface area contributed by atoms with Crippen LogP contribution in [0.2, 0.25) is 5.02 Å². The van der Waals surface area contributed by atoms with Gasteiger partial charge >= 0.3 is 0 Å². The van der Waals surface area contributed by atoms with E-state index in [9.17, 15) is 0 Å². The predicted molar refractivity (Wildman–Crippen MR) is 62.8 cm³/mol. The lowest BCUT2D eigenvalue weighted by Gasteiger charge is -2.29. The Morgan fingerprint density at radius 1 is 1.43 bits per heavy atom. The van der Waals surface area contributed by atoms with Crippen LogP contribution >= 0.6 is 11.6 Å². The number of hydrogen-bond donors (Lipinski definition) is 2. The lowest BCUT2D eigenvalue weighted by molar-refractivity contribution is 0.506. The quantitative estimate of drug-likeness (QED) is 0.806. The Morgan fingerprint density at radius 2 is 2.07 bits per heavy atom. The summed E-state index contributed by atoms with van der Waals surface area (Å²) in [6.07, 6.45) is 0.967. The maximum Gasteiger partial charge on any atom is 0.0637 e. The summed E-state index contributed by atoms with van der Waals surface area (Å²) in [4.78, 5) is 0. The summed E-state index contributed by atoms with van der Waals surface area (Å²) in [7, 11) is 0. The topological polar surface area (TPSA) is 38.0 Å². The largest absolute Gasteiger partial charge is 0.377 e. The van der Waals surface area contributed by atoms with Gasteiger partial charge < -0.3 is 11.1 Å². The molecule has 2 nitrogen and oxygen atoms in total. The summed E-state index contributed by atoms with van der Waals surface area (Å²) in [5.41, 5.74) is 6.58. The molecule has 0 saturated heterocycles. The highest BCUT2D eigenvalue weighted by atomic mass is 35.5. The van der Waals surface area contributed by atoms with Crippen molar-refractivity contribution in [3.05, 3.63) is 29.3 Å². The first kappa shape index (κ1) is 11.3. The molecule has 1 atom stereocenters. The number of anilines is 1. The van der Waals surface area contributed by atoms with Crippen LogP contribution in [0.25, 0.3) is 0 Å². The van der Waals surface area contributed by atoms with Crippen molar-refractivity contribution in [3.63, 3.8) is 0 Å². The van der Waals surface area contributed by atoms with E-state index >= 15 is 0 Å². The fourth-order valence-corrected chi connectivity index (χ4v) is 1.35.